The van der Waals surface area contributed by atoms with E-state index in [-0.39, 0.29) is 17.4 Å². The van der Waals surface area contributed by atoms with Gasteiger partial charge in [0.25, 0.3) is 0 Å². The van der Waals surface area contributed by atoms with Crippen LogP contribution in [-0.2, 0) is 16.6 Å². The van der Waals surface area contributed by atoms with Crippen LogP contribution in [0.3, 0.4) is 0 Å². The molecule has 0 aliphatic rings. The number of amides is 1. The van der Waals surface area contributed by atoms with Crippen LogP contribution in [0.4, 0.5) is 0 Å². The zero-order chi connectivity index (χ0) is 17.0. The molecule has 2 rings (SSSR count). The molecule has 2 nitrogen and oxygen atoms in total. The summed E-state index contributed by atoms with van der Waals surface area (Å²) in [7, 11) is 0. The molecule has 122 valence electrons. The van der Waals surface area contributed by atoms with Gasteiger partial charge in [0.05, 0.1) is 12.5 Å². The fourth-order valence-electron chi connectivity index (χ4n) is 2.54. The summed E-state index contributed by atoms with van der Waals surface area (Å²) in [6.45, 7) is 10.7. The largest absolute Gasteiger partial charge is 0.349 e. The van der Waals surface area contributed by atoms with Crippen molar-refractivity contribution in [3.8, 4) is 0 Å². The number of benzene rings is 2. The Hall–Kier alpha value is -2.09. The van der Waals surface area contributed by atoms with Crippen molar-refractivity contribution in [2.75, 3.05) is 0 Å². The Morgan fingerprint density at radius 2 is 1.57 bits per heavy atom. The van der Waals surface area contributed by atoms with Crippen molar-refractivity contribution in [2.45, 2.75) is 52.5 Å². The summed E-state index contributed by atoms with van der Waals surface area (Å²) < 4.78 is 0. The van der Waals surface area contributed by atoms with Crippen LogP contribution in [0.25, 0.3) is 0 Å². The van der Waals surface area contributed by atoms with Gasteiger partial charge in [-0.25, -0.2) is 0 Å². The van der Waals surface area contributed by atoms with Crippen LogP contribution in [0.5, 0.6) is 0 Å². The van der Waals surface area contributed by atoms with Crippen molar-refractivity contribution in [1.29, 1.82) is 0 Å². The first-order valence-corrected chi connectivity index (χ1v) is 8.21. The molecule has 0 heterocycles. The first-order valence-electron chi connectivity index (χ1n) is 8.21. The average Bonchev–Trinajstić information content (AvgIpc) is 2.49. The van der Waals surface area contributed by atoms with E-state index in [0.717, 1.165) is 11.1 Å². The van der Waals surface area contributed by atoms with Crippen LogP contribution < -0.4 is 5.32 Å². The fraction of sp³-hybridized carbons (Fsp3) is 0.381. The van der Waals surface area contributed by atoms with E-state index in [1.54, 1.807) is 0 Å². The maximum Gasteiger partial charge on any atom is 0.224 e. The highest BCUT2D eigenvalue weighted by Gasteiger charge is 2.15. The maximum absolute atomic E-state index is 12.2. The van der Waals surface area contributed by atoms with E-state index >= 15 is 0 Å². The molecule has 0 radical (unpaired) electrons. The first-order chi connectivity index (χ1) is 10.8. The average molecular weight is 309 g/mol. The van der Waals surface area contributed by atoms with Crippen LogP contribution in [-0.4, -0.2) is 5.91 Å². The summed E-state index contributed by atoms with van der Waals surface area (Å²) in [5.41, 5.74) is 4.84. The predicted molar refractivity (Wildman–Crippen MR) is 96.6 cm³/mol. The summed E-state index contributed by atoms with van der Waals surface area (Å²) in [4.78, 5) is 12.2. The maximum atomic E-state index is 12.2. The number of nitrogens with one attached hydrogen (secondary N) is 1. The van der Waals surface area contributed by atoms with Gasteiger partial charge in [0.15, 0.2) is 0 Å². The summed E-state index contributed by atoms with van der Waals surface area (Å²) in [6.07, 6.45) is 0.421. The number of aryl methyl sites for hydroxylation is 1. The second-order valence-corrected chi connectivity index (χ2v) is 7.32. The summed E-state index contributed by atoms with van der Waals surface area (Å²) >= 11 is 0. The Labute approximate surface area is 139 Å². The number of rotatable bonds is 4. The van der Waals surface area contributed by atoms with Crippen molar-refractivity contribution in [3.05, 3.63) is 70.8 Å². The molecule has 2 aromatic carbocycles. The quantitative estimate of drug-likeness (QED) is 0.870. The van der Waals surface area contributed by atoms with Gasteiger partial charge in [-0.1, -0.05) is 74.9 Å². The molecule has 0 saturated carbocycles. The molecule has 1 amide bonds. The monoisotopic (exact) mass is 309 g/mol. The van der Waals surface area contributed by atoms with E-state index in [0.29, 0.717) is 6.42 Å². The molecular formula is C21H27NO. The molecule has 0 fully saturated rings. The molecule has 2 aromatic rings. The van der Waals surface area contributed by atoms with E-state index in [4.69, 9.17) is 0 Å². The van der Waals surface area contributed by atoms with Gasteiger partial charge >= 0.3 is 0 Å². The highest BCUT2D eigenvalue weighted by Crippen LogP contribution is 2.23. The Morgan fingerprint density at radius 1 is 1.00 bits per heavy atom. The van der Waals surface area contributed by atoms with Gasteiger partial charge in [-0.2, -0.15) is 0 Å². The molecule has 0 saturated heterocycles. The van der Waals surface area contributed by atoms with Crippen LogP contribution >= 0.6 is 0 Å². The Bertz CT molecular complexity index is 648. The third kappa shape index (κ3) is 4.95. The minimum Gasteiger partial charge on any atom is -0.349 e. The van der Waals surface area contributed by atoms with E-state index in [1.165, 1.54) is 11.1 Å². The van der Waals surface area contributed by atoms with Crippen molar-refractivity contribution >= 4 is 5.91 Å². The molecular weight excluding hydrogens is 282 g/mol. The van der Waals surface area contributed by atoms with Gasteiger partial charge in [-0.15, -0.1) is 0 Å². The first kappa shape index (κ1) is 17.3. The summed E-state index contributed by atoms with van der Waals surface area (Å²) in [5, 5.41) is 3.08. The molecule has 0 bridgehead atoms. The molecule has 1 unspecified atom stereocenters. The second-order valence-electron chi connectivity index (χ2n) is 7.32. The number of carbonyl (C=O) groups is 1. The van der Waals surface area contributed by atoms with E-state index in [2.05, 4.69) is 50.4 Å². The van der Waals surface area contributed by atoms with Gasteiger partial charge in [-0.05, 0) is 36.0 Å². The van der Waals surface area contributed by atoms with E-state index < -0.39 is 0 Å². The molecule has 1 N–H and O–H groups in total. The molecule has 0 spiro atoms. The number of hydrogen-bond acceptors (Lipinski definition) is 1. The Morgan fingerprint density at radius 3 is 2.09 bits per heavy atom. The van der Waals surface area contributed by atoms with Crippen LogP contribution in [0.1, 0.15) is 56.0 Å². The number of carbonyl (C=O) groups excluding carboxylic acids is 1. The molecule has 2 heteroatoms. The minimum absolute atomic E-state index is 0.0157. The molecule has 1 atom stereocenters. The van der Waals surface area contributed by atoms with Gasteiger partial charge < -0.3 is 5.32 Å². The zero-order valence-corrected chi connectivity index (χ0v) is 14.8. The molecule has 0 aliphatic heterocycles. The SMILES string of the molecule is Cc1ccc(CC(=O)NC(C)c2ccc(C(C)(C)C)cc2)cc1. The Kier molecular flexibility index (Phi) is 5.25. The normalized spacial score (nSPS) is 12.7. The minimum atomic E-state index is 0.0157. The fourth-order valence-corrected chi connectivity index (χ4v) is 2.54. The van der Waals surface area contributed by atoms with Crippen molar-refractivity contribution in [1.82, 2.24) is 5.32 Å². The standard InChI is InChI=1S/C21H27NO/c1-15-6-8-17(9-7-15)14-20(23)22-16(2)18-10-12-19(13-11-18)21(3,4)5/h6-13,16H,14H2,1-5H3,(H,22,23). The van der Waals surface area contributed by atoms with Gasteiger partial charge in [0.1, 0.15) is 0 Å². The zero-order valence-electron chi connectivity index (χ0n) is 14.8. The number of hydrogen-bond donors (Lipinski definition) is 1. The third-order valence-electron chi connectivity index (χ3n) is 4.14. The van der Waals surface area contributed by atoms with Crippen molar-refractivity contribution in [2.24, 2.45) is 0 Å². The van der Waals surface area contributed by atoms with Crippen molar-refractivity contribution in [3.63, 3.8) is 0 Å². The molecule has 23 heavy (non-hydrogen) atoms. The van der Waals surface area contributed by atoms with Crippen LogP contribution in [0.15, 0.2) is 48.5 Å². The predicted octanol–water partition coefficient (Wildman–Crippen LogP) is 4.71. The lowest BCUT2D eigenvalue weighted by Crippen LogP contribution is -2.28. The van der Waals surface area contributed by atoms with E-state index in [9.17, 15) is 4.79 Å². The van der Waals surface area contributed by atoms with Gasteiger partial charge in [0, 0.05) is 0 Å². The van der Waals surface area contributed by atoms with Gasteiger partial charge in [0.2, 0.25) is 5.91 Å². The van der Waals surface area contributed by atoms with Crippen LogP contribution in [0.2, 0.25) is 0 Å². The topological polar surface area (TPSA) is 29.1 Å². The molecule has 0 aromatic heterocycles. The Balaban J connectivity index is 1.96. The smallest absolute Gasteiger partial charge is 0.224 e. The highest BCUT2D eigenvalue weighted by molar-refractivity contribution is 5.79. The van der Waals surface area contributed by atoms with E-state index in [1.807, 2.05) is 38.1 Å². The highest BCUT2D eigenvalue weighted by atomic mass is 16.1. The van der Waals surface area contributed by atoms with Crippen LogP contribution in [0, 0.1) is 6.92 Å². The third-order valence-corrected chi connectivity index (χ3v) is 4.14. The summed E-state index contributed by atoms with van der Waals surface area (Å²) in [6, 6.07) is 16.6. The lowest BCUT2D eigenvalue weighted by atomic mass is 9.86. The molecule has 0 aliphatic carbocycles. The lowest BCUT2D eigenvalue weighted by Gasteiger charge is -2.20. The summed E-state index contributed by atoms with van der Waals surface area (Å²) in [5.74, 6) is 0.0567. The second kappa shape index (κ2) is 6.99. The van der Waals surface area contributed by atoms with Gasteiger partial charge in [-0.3, -0.25) is 4.79 Å². The lowest BCUT2D eigenvalue weighted by molar-refractivity contribution is -0.121. The van der Waals surface area contributed by atoms with Crippen molar-refractivity contribution < 1.29 is 4.79 Å².